The van der Waals surface area contributed by atoms with Crippen molar-refractivity contribution in [1.82, 2.24) is 10.3 Å². The molecule has 1 amide bonds. The molecule has 3 N–H and O–H groups in total. The Morgan fingerprint density at radius 3 is 2.58 bits per heavy atom. The molecule has 1 aromatic carbocycles. The van der Waals surface area contributed by atoms with Crippen LogP contribution in [0.3, 0.4) is 0 Å². The van der Waals surface area contributed by atoms with Gasteiger partial charge in [0.25, 0.3) is 5.56 Å². The highest BCUT2D eigenvalue weighted by atomic mass is 35.5. The van der Waals surface area contributed by atoms with Crippen LogP contribution in [0.2, 0.25) is 5.02 Å². The second-order valence-corrected chi connectivity index (χ2v) is 6.54. The third kappa shape index (κ3) is 3.86. The number of carboxylic acid groups (broad SMARTS) is 1. The Morgan fingerprint density at radius 1 is 1.33 bits per heavy atom. The minimum atomic E-state index is -1.31. The van der Waals surface area contributed by atoms with Gasteiger partial charge in [0, 0.05) is 5.39 Å². The lowest BCUT2D eigenvalue weighted by Crippen LogP contribution is -2.34. The van der Waals surface area contributed by atoms with Crippen LogP contribution in [-0.4, -0.2) is 27.8 Å². The number of aromatic carboxylic acids is 1. The molecular weight excluding hydrogens is 336 g/mol. The van der Waals surface area contributed by atoms with Crippen LogP contribution in [0.1, 0.15) is 36.7 Å². The minimum absolute atomic E-state index is 0.103. The van der Waals surface area contributed by atoms with Gasteiger partial charge in [0.15, 0.2) is 0 Å². The highest BCUT2D eigenvalue weighted by molar-refractivity contribution is 6.36. The standard InChI is InChI=1S/C16H17ClN2O5/c1-16(2,3)24-15(23)18-7-8-11(14(21)22)12-9(17)5-4-6-10(12)19-13(8)20/h4-6H,7H2,1-3H3,(H,18,23)(H,19,20)(H,21,22). The topological polar surface area (TPSA) is 108 Å². The molecule has 7 nitrogen and oxygen atoms in total. The van der Waals surface area contributed by atoms with E-state index >= 15 is 0 Å². The summed E-state index contributed by atoms with van der Waals surface area (Å²) in [6.07, 6.45) is -0.752. The average molecular weight is 353 g/mol. The van der Waals surface area contributed by atoms with E-state index in [0.717, 1.165) is 0 Å². The molecule has 0 spiro atoms. The molecule has 2 rings (SSSR count). The number of benzene rings is 1. The van der Waals surface area contributed by atoms with E-state index < -0.39 is 23.2 Å². The van der Waals surface area contributed by atoms with Crippen molar-refractivity contribution in [1.29, 1.82) is 0 Å². The molecule has 0 radical (unpaired) electrons. The van der Waals surface area contributed by atoms with Gasteiger partial charge in [-0.3, -0.25) is 4.79 Å². The molecule has 1 heterocycles. The molecular formula is C16H17ClN2O5. The summed E-state index contributed by atoms with van der Waals surface area (Å²) in [5.41, 5.74) is -1.35. The lowest BCUT2D eigenvalue weighted by molar-refractivity contribution is 0.0520. The van der Waals surface area contributed by atoms with E-state index in [0.29, 0.717) is 5.52 Å². The Balaban J connectivity index is 2.47. The maximum Gasteiger partial charge on any atom is 0.407 e. The fraction of sp³-hybridized carbons (Fsp3) is 0.312. The van der Waals surface area contributed by atoms with Crippen molar-refractivity contribution >= 4 is 34.6 Å². The third-order valence-electron chi connectivity index (χ3n) is 3.11. The van der Waals surface area contributed by atoms with E-state index in [1.807, 2.05) is 0 Å². The summed E-state index contributed by atoms with van der Waals surface area (Å²) in [4.78, 5) is 38.2. The van der Waals surface area contributed by atoms with Crippen LogP contribution in [0.4, 0.5) is 4.79 Å². The Bertz CT molecular complexity index is 867. The maximum absolute atomic E-state index is 12.2. The Morgan fingerprint density at radius 2 is 2.00 bits per heavy atom. The Hall–Kier alpha value is -2.54. The number of aromatic amines is 1. The van der Waals surface area contributed by atoms with Gasteiger partial charge < -0.3 is 20.1 Å². The largest absolute Gasteiger partial charge is 0.478 e. The molecule has 0 aliphatic heterocycles. The van der Waals surface area contributed by atoms with Crippen LogP contribution >= 0.6 is 11.6 Å². The van der Waals surface area contributed by atoms with Crippen LogP contribution < -0.4 is 10.9 Å². The van der Waals surface area contributed by atoms with Crippen LogP contribution in [0.25, 0.3) is 10.9 Å². The van der Waals surface area contributed by atoms with E-state index in [9.17, 15) is 19.5 Å². The van der Waals surface area contributed by atoms with Crippen LogP contribution in [-0.2, 0) is 11.3 Å². The van der Waals surface area contributed by atoms with E-state index in [2.05, 4.69) is 10.3 Å². The summed E-state index contributed by atoms with van der Waals surface area (Å²) in [5, 5.41) is 12.3. The first-order valence-electron chi connectivity index (χ1n) is 7.13. The number of hydrogen-bond acceptors (Lipinski definition) is 4. The van der Waals surface area contributed by atoms with Gasteiger partial charge in [-0.1, -0.05) is 17.7 Å². The molecule has 1 aromatic heterocycles. The number of hydrogen-bond donors (Lipinski definition) is 3. The normalized spacial score (nSPS) is 11.3. The zero-order valence-corrected chi connectivity index (χ0v) is 14.2. The zero-order chi connectivity index (χ0) is 18.1. The smallest absolute Gasteiger partial charge is 0.407 e. The summed E-state index contributed by atoms with van der Waals surface area (Å²) >= 11 is 6.08. The molecule has 0 saturated carbocycles. The lowest BCUT2D eigenvalue weighted by Gasteiger charge is -2.20. The molecule has 8 heteroatoms. The fourth-order valence-corrected chi connectivity index (χ4v) is 2.49. The lowest BCUT2D eigenvalue weighted by atomic mass is 10.0. The highest BCUT2D eigenvalue weighted by Crippen LogP contribution is 2.26. The SMILES string of the molecule is CC(C)(C)OC(=O)NCc1c(C(=O)O)c2c(Cl)cccc2[nH]c1=O. The van der Waals surface area contributed by atoms with Gasteiger partial charge in [-0.15, -0.1) is 0 Å². The Labute approximate surface area is 142 Å². The quantitative estimate of drug-likeness (QED) is 0.787. The molecule has 0 atom stereocenters. The van der Waals surface area contributed by atoms with Gasteiger partial charge in [-0.05, 0) is 32.9 Å². The number of aromatic nitrogens is 1. The van der Waals surface area contributed by atoms with Gasteiger partial charge in [0.1, 0.15) is 5.60 Å². The minimum Gasteiger partial charge on any atom is -0.478 e. The highest BCUT2D eigenvalue weighted by Gasteiger charge is 2.22. The van der Waals surface area contributed by atoms with Crippen LogP contribution in [0.15, 0.2) is 23.0 Å². The van der Waals surface area contributed by atoms with Crippen molar-refractivity contribution in [3.05, 3.63) is 44.7 Å². The molecule has 0 saturated heterocycles. The molecule has 0 fully saturated rings. The third-order valence-corrected chi connectivity index (χ3v) is 3.42. The molecule has 24 heavy (non-hydrogen) atoms. The van der Waals surface area contributed by atoms with E-state index in [-0.39, 0.29) is 28.1 Å². The van der Waals surface area contributed by atoms with E-state index in [1.54, 1.807) is 32.9 Å². The number of halogens is 1. The summed E-state index contributed by atoms with van der Waals surface area (Å²) < 4.78 is 5.08. The molecule has 0 bridgehead atoms. The first-order valence-corrected chi connectivity index (χ1v) is 7.51. The summed E-state index contributed by atoms with van der Waals surface area (Å²) in [5.74, 6) is -1.31. The monoisotopic (exact) mass is 352 g/mol. The number of amides is 1. The average Bonchev–Trinajstić information content (AvgIpc) is 2.42. The number of carbonyl (C=O) groups is 2. The van der Waals surface area contributed by atoms with Crippen molar-refractivity contribution in [3.63, 3.8) is 0 Å². The first kappa shape index (κ1) is 17.8. The maximum atomic E-state index is 12.2. The van der Waals surface area contributed by atoms with Crippen molar-refractivity contribution in [2.45, 2.75) is 32.9 Å². The summed E-state index contributed by atoms with van der Waals surface area (Å²) in [6, 6.07) is 4.69. The van der Waals surface area contributed by atoms with Crippen molar-refractivity contribution in [2.24, 2.45) is 0 Å². The van der Waals surface area contributed by atoms with Crippen LogP contribution in [0, 0.1) is 0 Å². The van der Waals surface area contributed by atoms with E-state index in [1.165, 1.54) is 6.07 Å². The van der Waals surface area contributed by atoms with Crippen molar-refractivity contribution in [3.8, 4) is 0 Å². The number of rotatable bonds is 3. The number of fused-ring (bicyclic) bond motifs is 1. The number of carbonyl (C=O) groups excluding carboxylic acids is 1. The second kappa shape index (κ2) is 6.52. The summed E-state index contributed by atoms with van der Waals surface area (Å²) in [6.45, 7) is 4.78. The zero-order valence-electron chi connectivity index (χ0n) is 13.4. The van der Waals surface area contributed by atoms with Crippen LogP contribution in [0.5, 0.6) is 0 Å². The fourth-order valence-electron chi connectivity index (χ4n) is 2.22. The number of ether oxygens (including phenoxy) is 1. The van der Waals surface area contributed by atoms with Gasteiger partial charge in [0.05, 0.1) is 28.2 Å². The summed E-state index contributed by atoms with van der Waals surface area (Å²) in [7, 11) is 0. The van der Waals surface area contributed by atoms with Crippen molar-refractivity contribution in [2.75, 3.05) is 0 Å². The molecule has 0 aliphatic rings. The number of nitrogens with one attached hydrogen (secondary N) is 2. The predicted molar refractivity (Wildman–Crippen MR) is 89.6 cm³/mol. The Kier molecular flexibility index (Phi) is 4.84. The molecule has 0 unspecified atom stereocenters. The predicted octanol–water partition coefficient (Wildman–Crippen LogP) is 2.90. The number of alkyl carbamates (subject to hydrolysis) is 1. The first-order chi connectivity index (χ1) is 11.1. The van der Waals surface area contributed by atoms with Gasteiger partial charge >= 0.3 is 12.1 Å². The molecule has 0 aliphatic carbocycles. The van der Waals surface area contributed by atoms with Gasteiger partial charge in [-0.25, -0.2) is 9.59 Å². The van der Waals surface area contributed by atoms with E-state index in [4.69, 9.17) is 16.3 Å². The second-order valence-electron chi connectivity index (χ2n) is 6.13. The number of pyridine rings is 1. The molecule has 2 aromatic rings. The number of carboxylic acids is 1. The molecule has 128 valence electrons. The number of H-pyrrole nitrogens is 1. The van der Waals surface area contributed by atoms with Crippen molar-refractivity contribution < 1.29 is 19.4 Å². The van der Waals surface area contributed by atoms with Gasteiger partial charge in [-0.2, -0.15) is 0 Å². The van der Waals surface area contributed by atoms with Gasteiger partial charge in [0.2, 0.25) is 0 Å².